The number of aromatic amines is 1. The van der Waals surface area contributed by atoms with E-state index in [1.807, 2.05) is 25.2 Å². The third-order valence-corrected chi connectivity index (χ3v) is 4.46. The first-order chi connectivity index (χ1) is 8.74. The molecule has 0 aliphatic rings. The molecular weight excluding hydrogens is 242 g/mol. The third-order valence-electron chi connectivity index (χ3n) is 3.47. The van der Waals surface area contributed by atoms with Crippen molar-refractivity contribution < 1.29 is 0 Å². The fourth-order valence-corrected chi connectivity index (χ4v) is 3.16. The van der Waals surface area contributed by atoms with Crippen LogP contribution >= 0.6 is 11.8 Å². The number of para-hydroxylation sites is 2. The van der Waals surface area contributed by atoms with E-state index in [1.165, 1.54) is 6.42 Å². The lowest BCUT2D eigenvalue weighted by Crippen LogP contribution is -2.34. The van der Waals surface area contributed by atoms with Crippen molar-refractivity contribution in [1.82, 2.24) is 15.3 Å². The van der Waals surface area contributed by atoms with Gasteiger partial charge in [0.1, 0.15) is 0 Å². The van der Waals surface area contributed by atoms with Gasteiger partial charge in [0.2, 0.25) is 0 Å². The summed E-state index contributed by atoms with van der Waals surface area (Å²) in [6, 6.07) is 8.70. The zero-order chi connectivity index (χ0) is 13.0. The van der Waals surface area contributed by atoms with E-state index in [0.717, 1.165) is 21.9 Å². The van der Waals surface area contributed by atoms with Crippen LogP contribution in [0.25, 0.3) is 11.0 Å². The number of thioether (sulfide) groups is 1. The Morgan fingerprint density at radius 3 is 2.83 bits per heavy atom. The molecule has 3 nitrogen and oxygen atoms in total. The molecular formula is C14H21N3S. The van der Waals surface area contributed by atoms with Crippen LogP contribution in [0.15, 0.2) is 29.4 Å². The molecule has 1 heterocycles. The molecule has 0 amide bonds. The summed E-state index contributed by atoms with van der Waals surface area (Å²) in [5.74, 6) is 1.73. The molecule has 18 heavy (non-hydrogen) atoms. The zero-order valence-electron chi connectivity index (χ0n) is 11.2. The summed E-state index contributed by atoms with van der Waals surface area (Å²) in [5, 5.41) is 4.41. The molecule has 2 rings (SSSR count). The van der Waals surface area contributed by atoms with Crippen LogP contribution in [0.2, 0.25) is 0 Å². The van der Waals surface area contributed by atoms with Gasteiger partial charge in [-0.05, 0) is 25.1 Å². The highest BCUT2D eigenvalue weighted by atomic mass is 32.2. The molecule has 0 aliphatic heterocycles. The fraction of sp³-hybridized carbons (Fsp3) is 0.500. The Morgan fingerprint density at radius 1 is 1.39 bits per heavy atom. The fourth-order valence-electron chi connectivity index (χ4n) is 1.98. The lowest BCUT2D eigenvalue weighted by Gasteiger charge is -2.21. The van der Waals surface area contributed by atoms with Gasteiger partial charge in [0.05, 0.1) is 11.0 Å². The standard InChI is InChI=1S/C14H21N3S/c1-4-10(2)13(15-3)9-18-14-16-11-7-5-6-8-12(11)17-14/h5-8,10,13,15H,4,9H2,1-3H3,(H,16,17). The molecule has 4 heteroatoms. The van der Waals surface area contributed by atoms with Crippen molar-refractivity contribution in [1.29, 1.82) is 0 Å². The number of fused-ring (bicyclic) bond motifs is 1. The average Bonchev–Trinajstić information content (AvgIpc) is 2.81. The molecule has 0 fully saturated rings. The number of aromatic nitrogens is 2. The summed E-state index contributed by atoms with van der Waals surface area (Å²) in [6.07, 6.45) is 1.20. The second-order valence-electron chi connectivity index (χ2n) is 4.65. The average molecular weight is 263 g/mol. The molecule has 0 aliphatic carbocycles. The first kappa shape index (κ1) is 13.4. The maximum Gasteiger partial charge on any atom is 0.166 e. The van der Waals surface area contributed by atoms with Gasteiger partial charge < -0.3 is 10.3 Å². The van der Waals surface area contributed by atoms with Crippen LogP contribution in [0.4, 0.5) is 0 Å². The number of hydrogen-bond acceptors (Lipinski definition) is 3. The van der Waals surface area contributed by atoms with Gasteiger partial charge in [-0.25, -0.2) is 4.98 Å². The summed E-state index contributed by atoms with van der Waals surface area (Å²) in [4.78, 5) is 7.94. The molecule has 2 unspecified atom stereocenters. The van der Waals surface area contributed by atoms with Gasteiger partial charge in [0, 0.05) is 11.8 Å². The normalized spacial score (nSPS) is 14.8. The van der Waals surface area contributed by atoms with Crippen LogP contribution in [0.3, 0.4) is 0 Å². The first-order valence-electron chi connectivity index (χ1n) is 6.49. The number of nitrogens with one attached hydrogen (secondary N) is 2. The molecule has 1 aromatic carbocycles. The van der Waals surface area contributed by atoms with Crippen LogP contribution in [0, 0.1) is 5.92 Å². The number of rotatable bonds is 6. The molecule has 2 N–H and O–H groups in total. The molecule has 0 radical (unpaired) electrons. The van der Waals surface area contributed by atoms with Crippen molar-refractivity contribution in [3.05, 3.63) is 24.3 Å². The van der Waals surface area contributed by atoms with E-state index in [4.69, 9.17) is 0 Å². The zero-order valence-corrected chi connectivity index (χ0v) is 12.1. The highest BCUT2D eigenvalue weighted by Crippen LogP contribution is 2.22. The van der Waals surface area contributed by atoms with Gasteiger partial charge in [-0.15, -0.1) is 0 Å². The molecule has 1 aromatic heterocycles. The van der Waals surface area contributed by atoms with E-state index >= 15 is 0 Å². The Morgan fingerprint density at radius 2 is 2.17 bits per heavy atom. The summed E-state index contributed by atoms with van der Waals surface area (Å²) < 4.78 is 0. The summed E-state index contributed by atoms with van der Waals surface area (Å²) in [6.45, 7) is 4.53. The third kappa shape index (κ3) is 3.06. The molecule has 0 saturated carbocycles. The quantitative estimate of drug-likeness (QED) is 0.786. The van der Waals surface area contributed by atoms with Gasteiger partial charge in [-0.1, -0.05) is 44.2 Å². The number of hydrogen-bond donors (Lipinski definition) is 2. The molecule has 2 aromatic rings. The second kappa shape index (κ2) is 6.25. The second-order valence-corrected chi connectivity index (χ2v) is 5.66. The minimum atomic E-state index is 0.535. The van der Waals surface area contributed by atoms with Crippen LogP contribution in [0.5, 0.6) is 0 Å². The van der Waals surface area contributed by atoms with Crippen LogP contribution in [-0.4, -0.2) is 28.8 Å². The van der Waals surface area contributed by atoms with Crippen LogP contribution in [-0.2, 0) is 0 Å². The highest BCUT2D eigenvalue weighted by molar-refractivity contribution is 7.99. The van der Waals surface area contributed by atoms with Crippen molar-refractivity contribution >= 4 is 22.8 Å². The number of imidazole rings is 1. The van der Waals surface area contributed by atoms with Crippen LogP contribution in [0.1, 0.15) is 20.3 Å². The van der Waals surface area contributed by atoms with Gasteiger partial charge in [0.15, 0.2) is 5.16 Å². The van der Waals surface area contributed by atoms with Crippen molar-refractivity contribution in [2.45, 2.75) is 31.5 Å². The lowest BCUT2D eigenvalue weighted by molar-refractivity contribution is 0.420. The molecule has 98 valence electrons. The largest absolute Gasteiger partial charge is 0.333 e. The maximum absolute atomic E-state index is 4.58. The minimum Gasteiger partial charge on any atom is -0.333 e. The van der Waals surface area contributed by atoms with Crippen molar-refractivity contribution in [3.63, 3.8) is 0 Å². The maximum atomic E-state index is 4.58. The molecule has 0 spiro atoms. The van der Waals surface area contributed by atoms with E-state index in [1.54, 1.807) is 11.8 Å². The first-order valence-corrected chi connectivity index (χ1v) is 7.48. The molecule has 0 saturated heterocycles. The smallest absolute Gasteiger partial charge is 0.166 e. The monoisotopic (exact) mass is 263 g/mol. The van der Waals surface area contributed by atoms with E-state index in [2.05, 4.69) is 35.2 Å². The van der Waals surface area contributed by atoms with Crippen molar-refractivity contribution in [3.8, 4) is 0 Å². The summed E-state index contributed by atoms with van der Waals surface area (Å²) in [7, 11) is 2.04. The summed E-state index contributed by atoms with van der Waals surface area (Å²) >= 11 is 1.79. The highest BCUT2D eigenvalue weighted by Gasteiger charge is 2.14. The van der Waals surface area contributed by atoms with E-state index < -0.39 is 0 Å². The van der Waals surface area contributed by atoms with Crippen molar-refractivity contribution in [2.24, 2.45) is 5.92 Å². The molecule has 2 atom stereocenters. The predicted octanol–water partition coefficient (Wildman–Crippen LogP) is 3.29. The Kier molecular flexibility index (Phi) is 4.66. The van der Waals surface area contributed by atoms with Gasteiger partial charge in [-0.2, -0.15) is 0 Å². The SMILES string of the molecule is CCC(C)C(CSc1nc2ccccc2[nH]1)NC. The Labute approximate surface area is 113 Å². The molecule has 0 bridgehead atoms. The van der Waals surface area contributed by atoms with E-state index in [9.17, 15) is 0 Å². The Balaban J connectivity index is 2.00. The summed E-state index contributed by atoms with van der Waals surface area (Å²) in [5.41, 5.74) is 2.16. The lowest BCUT2D eigenvalue weighted by atomic mass is 10.0. The van der Waals surface area contributed by atoms with E-state index in [-0.39, 0.29) is 0 Å². The number of H-pyrrole nitrogens is 1. The van der Waals surface area contributed by atoms with Gasteiger partial charge >= 0.3 is 0 Å². The van der Waals surface area contributed by atoms with Gasteiger partial charge in [-0.3, -0.25) is 0 Å². The topological polar surface area (TPSA) is 40.7 Å². The number of nitrogens with zero attached hydrogens (tertiary/aromatic N) is 1. The van der Waals surface area contributed by atoms with E-state index in [0.29, 0.717) is 12.0 Å². The van der Waals surface area contributed by atoms with Crippen molar-refractivity contribution in [2.75, 3.05) is 12.8 Å². The Bertz CT molecular complexity index is 461. The van der Waals surface area contributed by atoms with Gasteiger partial charge in [0.25, 0.3) is 0 Å². The minimum absolute atomic E-state index is 0.535. The van der Waals surface area contributed by atoms with Crippen LogP contribution < -0.4 is 5.32 Å². The Hall–Kier alpha value is -1.00. The predicted molar refractivity (Wildman–Crippen MR) is 79.1 cm³/mol. The number of benzene rings is 1.